The molecule has 7 heteroatoms. The molecule has 0 fully saturated rings. The first-order valence-electron chi connectivity index (χ1n) is 8.94. The molecule has 0 atom stereocenters. The summed E-state index contributed by atoms with van der Waals surface area (Å²) in [5.74, 6) is 0.771. The van der Waals surface area contributed by atoms with Crippen molar-refractivity contribution in [2.75, 3.05) is 27.2 Å². The molecule has 0 saturated carbocycles. The number of fused-ring (bicyclic) bond motifs is 2. The van der Waals surface area contributed by atoms with Gasteiger partial charge in [0.2, 0.25) is 0 Å². The van der Waals surface area contributed by atoms with Crippen LogP contribution in [-0.2, 0) is 13.0 Å². The van der Waals surface area contributed by atoms with Crippen molar-refractivity contribution >= 4 is 27.5 Å². The Labute approximate surface area is 151 Å². The van der Waals surface area contributed by atoms with Gasteiger partial charge in [0.15, 0.2) is 0 Å². The van der Waals surface area contributed by atoms with E-state index in [4.69, 9.17) is 4.98 Å². The second kappa shape index (κ2) is 7.66. The van der Waals surface area contributed by atoms with E-state index in [2.05, 4.69) is 10.2 Å². The molecule has 2 aromatic heterocycles. The Bertz CT molecular complexity index is 838. The highest BCUT2D eigenvalue weighted by molar-refractivity contribution is 7.20. The van der Waals surface area contributed by atoms with Crippen LogP contribution in [0, 0.1) is 6.92 Å². The van der Waals surface area contributed by atoms with Crippen LogP contribution in [0.25, 0.3) is 10.2 Å². The SMILES string of the molecule is Cc1c(C(=O)NCCCN(C)C)sc2nc3n(c(=O)c12)CCCCC3. The molecule has 25 heavy (non-hydrogen) atoms. The first-order valence-corrected chi connectivity index (χ1v) is 9.76. The van der Waals surface area contributed by atoms with E-state index in [1.165, 1.54) is 11.3 Å². The maximum absolute atomic E-state index is 12.9. The third-order valence-electron chi connectivity index (χ3n) is 4.69. The van der Waals surface area contributed by atoms with Gasteiger partial charge in [-0.05, 0) is 52.4 Å². The molecule has 6 nitrogen and oxygen atoms in total. The number of thiophene rings is 1. The summed E-state index contributed by atoms with van der Waals surface area (Å²) in [6, 6.07) is 0. The highest BCUT2D eigenvalue weighted by Crippen LogP contribution is 2.28. The van der Waals surface area contributed by atoms with Gasteiger partial charge >= 0.3 is 0 Å². The summed E-state index contributed by atoms with van der Waals surface area (Å²) in [6.07, 6.45) is 4.96. The second-order valence-corrected chi connectivity index (χ2v) is 7.94. The first-order chi connectivity index (χ1) is 12.0. The van der Waals surface area contributed by atoms with Crippen molar-refractivity contribution in [1.29, 1.82) is 0 Å². The van der Waals surface area contributed by atoms with Gasteiger partial charge in [0, 0.05) is 19.5 Å². The topological polar surface area (TPSA) is 67.2 Å². The molecular formula is C18H26N4O2S. The zero-order chi connectivity index (χ0) is 18.0. The number of aryl methyl sites for hydroxylation is 2. The maximum atomic E-state index is 12.9. The van der Waals surface area contributed by atoms with Crippen molar-refractivity contribution in [2.45, 2.75) is 45.6 Å². The lowest BCUT2D eigenvalue weighted by atomic mass is 10.2. The van der Waals surface area contributed by atoms with Gasteiger partial charge in [0.25, 0.3) is 11.5 Å². The van der Waals surface area contributed by atoms with E-state index in [1.807, 2.05) is 25.6 Å². The number of nitrogens with zero attached hydrogens (tertiary/aromatic N) is 3. The van der Waals surface area contributed by atoms with Crippen LogP contribution in [-0.4, -0.2) is 47.5 Å². The van der Waals surface area contributed by atoms with Crippen molar-refractivity contribution in [3.63, 3.8) is 0 Å². The van der Waals surface area contributed by atoms with Crippen molar-refractivity contribution in [2.24, 2.45) is 0 Å². The van der Waals surface area contributed by atoms with E-state index >= 15 is 0 Å². The van der Waals surface area contributed by atoms with Gasteiger partial charge in [-0.15, -0.1) is 11.3 Å². The summed E-state index contributed by atoms with van der Waals surface area (Å²) in [7, 11) is 4.03. The van der Waals surface area contributed by atoms with Crippen LogP contribution in [0.2, 0.25) is 0 Å². The Hall–Kier alpha value is -1.73. The quantitative estimate of drug-likeness (QED) is 0.828. The Morgan fingerprint density at radius 2 is 2.12 bits per heavy atom. The number of hydrogen-bond donors (Lipinski definition) is 1. The predicted molar refractivity (Wildman–Crippen MR) is 102 cm³/mol. The second-order valence-electron chi connectivity index (χ2n) is 6.94. The Balaban J connectivity index is 1.88. The number of amides is 1. The molecule has 1 aliphatic heterocycles. The summed E-state index contributed by atoms with van der Waals surface area (Å²) in [6.45, 7) is 4.16. The van der Waals surface area contributed by atoms with Crippen LogP contribution in [0.5, 0.6) is 0 Å². The van der Waals surface area contributed by atoms with E-state index in [1.54, 1.807) is 0 Å². The predicted octanol–water partition coefficient (Wildman–Crippen LogP) is 2.17. The molecule has 1 aliphatic rings. The fraction of sp³-hybridized carbons (Fsp3) is 0.611. The Morgan fingerprint density at radius 3 is 2.88 bits per heavy atom. The monoisotopic (exact) mass is 362 g/mol. The summed E-state index contributed by atoms with van der Waals surface area (Å²) in [4.78, 5) is 33.6. The molecule has 0 bridgehead atoms. The lowest BCUT2D eigenvalue weighted by molar-refractivity contribution is 0.0956. The molecule has 136 valence electrons. The molecule has 0 saturated heterocycles. The minimum absolute atomic E-state index is 0.0160. The minimum Gasteiger partial charge on any atom is -0.351 e. The van der Waals surface area contributed by atoms with Crippen LogP contribution < -0.4 is 10.9 Å². The minimum atomic E-state index is -0.0983. The number of aromatic nitrogens is 2. The summed E-state index contributed by atoms with van der Waals surface area (Å²) in [5, 5.41) is 3.58. The molecule has 0 unspecified atom stereocenters. The van der Waals surface area contributed by atoms with Crippen LogP contribution in [0.3, 0.4) is 0 Å². The van der Waals surface area contributed by atoms with E-state index < -0.39 is 0 Å². The highest BCUT2D eigenvalue weighted by Gasteiger charge is 2.21. The van der Waals surface area contributed by atoms with Gasteiger partial charge in [-0.3, -0.25) is 14.2 Å². The Morgan fingerprint density at radius 1 is 1.32 bits per heavy atom. The largest absolute Gasteiger partial charge is 0.351 e. The van der Waals surface area contributed by atoms with Gasteiger partial charge in [-0.2, -0.15) is 0 Å². The van der Waals surface area contributed by atoms with Gasteiger partial charge in [-0.1, -0.05) is 6.42 Å². The van der Waals surface area contributed by atoms with Gasteiger partial charge in [-0.25, -0.2) is 4.98 Å². The molecule has 0 aliphatic carbocycles. The van der Waals surface area contributed by atoms with Gasteiger partial charge in [0.05, 0.1) is 10.3 Å². The van der Waals surface area contributed by atoms with Crippen molar-refractivity contribution in [3.05, 3.63) is 26.6 Å². The third-order valence-corrected chi connectivity index (χ3v) is 5.87. The molecule has 3 heterocycles. The molecule has 1 N–H and O–H groups in total. The van der Waals surface area contributed by atoms with E-state index in [-0.39, 0.29) is 11.5 Å². The van der Waals surface area contributed by atoms with Crippen LogP contribution in [0.4, 0.5) is 0 Å². The molecule has 1 amide bonds. The van der Waals surface area contributed by atoms with Crippen molar-refractivity contribution in [1.82, 2.24) is 19.8 Å². The summed E-state index contributed by atoms with van der Waals surface area (Å²) < 4.78 is 1.81. The number of nitrogens with one attached hydrogen (secondary N) is 1. The van der Waals surface area contributed by atoms with Crippen LogP contribution in [0.15, 0.2) is 4.79 Å². The summed E-state index contributed by atoms with van der Waals surface area (Å²) in [5.41, 5.74) is 0.782. The molecule has 3 rings (SSSR count). The van der Waals surface area contributed by atoms with E-state index in [9.17, 15) is 9.59 Å². The zero-order valence-electron chi connectivity index (χ0n) is 15.2. The standard InChI is InChI=1S/C18H26N4O2S/c1-12-14-17(20-13-8-5-4-6-11-22(13)18(14)24)25-15(12)16(23)19-9-7-10-21(2)3/h4-11H2,1-3H3,(H,19,23). The number of rotatable bonds is 5. The van der Waals surface area contributed by atoms with E-state index in [0.29, 0.717) is 21.6 Å². The van der Waals surface area contributed by atoms with Gasteiger partial charge < -0.3 is 10.2 Å². The average molecular weight is 362 g/mol. The van der Waals surface area contributed by atoms with Gasteiger partial charge in [0.1, 0.15) is 10.7 Å². The smallest absolute Gasteiger partial charge is 0.262 e. The van der Waals surface area contributed by atoms with Crippen molar-refractivity contribution < 1.29 is 4.79 Å². The van der Waals surface area contributed by atoms with Crippen molar-refractivity contribution in [3.8, 4) is 0 Å². The maximum Gasteiger partial charge on any atom is 0.262 e. The normalized spacial score (nSPS) is 14.6. The lowest BCUT2D eigenvalue weighted by Gasteiger charge is -2.09. The summed E-state index contributed by atoms with van der Waals surface area (Å²) >= 11 is 1.34. The molecule has 0 aromatic carbocycles. The number of carbonyl (C=O) groups is 1. The van der Waals surface area contributed by atoms with Crippen LogP contribution >= 0.6 is 11.3 Å². The van der Waals surface area contributed by atoms with Crippen LogP contribution in [0.1, 0.15) is 46.7 Å². The molecule has 0 spiro atoms. The lowest BCUT2D eigenvalue weighted by Crippen LogP contribution is -2.27. The zero-order valence-corrected chi connectivity index (χ0v) is 16.0. The Kier molecular flexibility index (Phi) is 5.54. The number of carbonyl (C=O) groups excluding carboxylic acids is 1. The van der Waals surface area contributed by atoms with E-state index in [0.717, 1.165) is 56.6 Å². The number of hydrogen-bond acceptors (Lipinski definition) is 5. The fourth-order valence-corrected chi connectivity index (χ4v) is 4.41. The fourth-order valence-electron chi connectivity index (χ4n) is 3.30. The molecule has 0 radical (unpaired) electrons. The first kappa shape index (κ1) is 18.1. The molecular weight excluding hydrogens is 336 g/mol. The third kappa shape index (κ3) is 3.77. The highest BCUT2D eigenvalue weighted by atomic mass is 32.1. The average Bonchev–Trinajstić information content (AvgIpc) is 2.74. The molecule has 2 aromatic rings.